The van der Waals surface area contributed by atoms with Crippen LogP contribution in [-0.4, -0.2) is 30.9 Å². The summed E-state index contributed by atoms with van der Waals surface area (Å²) >= 11 is 0. The summed E-state index contributed by atoms with van der Waals surface area (Å²) in [6, 6.07) is 13.5. The average molecular weight is 426 g/mol. The van der Waals surface area contributed by atoms with Gasteiger partial charge in [0.25, 0.3) is 5.91 Å². The van der Waals surface area contributed by atoms with Gasteiger partial charge in [-0.25, -0.2) is 4.39 Å². The Morgan fingerprint density at radius 2 is 1.90 bits per heavy atom. The SMILES string of the molecule is CC[C@H](C)c1ccccc1N1C[C@H](C(=O)OCC(=O)NCc2ccc(F)cc2)CC1=O. The number of hydrogen-bond donors (Lipinski definition) is 1. The van der Waals surface area contributed by atoms with Crippen molar-refractivity contribution in [3.05, 3.63) is 65.5 Å². The van der Waals surface area contributed by atoms with Crippen molar-refractivity contribution in [2.24, 2.45) is 5.92 Å². The third-order valence-electron chi connectivity index (χ3n) is 5.58. The van der Waals surface area contributed by atoms with Crippen molar-refractivity contribution in [3.63, 3.8) is 0 Å². The molecule has 7 heteroatoms. The first kappa shape index (κ1) is 22.5. The number of para-hydroxylation sites is 1. The highest BCUT2D eigenvalue weighted by Gasteiger charge is 2.37. The van der Waals surface area contributed by atoms with Crippen LogP contribution >= 0.6 is 0 Å². The summed E-state index contributed by atoms with van der Waals surface area (Å²) in [5, 5.41) is 2.62. The molecule has 6 nitrogen and oxygen atoms in total. The van der Waals surface area contributed by atoms with Crippen LogP contribution in [0.5, 0.6) is 0 Å². The number of carbonyl (C=O) groups is 3. The maximum Gasteiger partial charge on any atom is 0.311 e. The Morgan fingerprint density at radius 3 is 2.61 bits per heavy atom. The zero-order chi connectivity index (χ0) is 22.4. The standard InChI is InChI=1S/C24H27FN2O4/c1-3-16(2)20-6-4-5-7-21(20)27-14-18(12-23(27)29)24(30)31-15-22(28)26-13-17-8-10-19(25)11-9-17/h4-11,16,18H,3,12-15H2,1-2H3,(H,26,28)/t16-,18+/m0/s1. The minimum atomic E-state index is -0.609. The molecule has 0 radical (unpaired) electrons. The van der Waals surface area contributed by atoms with Crippen molar-refractivity contribution in [2.45, 2.75) is 39.2 Å². The van der Waals surface area contributed by atoms with E-state index in [-0.39, 0.29) is 31.2 Å². The summed E-state index contributed by atoms with van der Waals surface area (Å²) < 4.78 is 18.1. The summed E-state index contributed by atoms with van der Waals surface area (Å²) in [7, 11) is 0. The van der Waals surface area contributed by atoms with E-state index >= 15 is 0 Å². The Labute approximate surface area is 181 Å². The summed E-state index contributed by atoms with van der Waals surface area (Å²) in [6.45, 7) is 4.22. The lowest BCUT2D eigenvalue weighted by Crippen LogP contribution is -2.31. The van der Waals surface area contributed by atoms with Gasteiger partial charge in [-0.3, -0.25) is 14.4 Å². The molecule has 164 valence electrons. The van der Waals surface area contributed by atoms with Crippen molar-refractivity contribution >= 4 is 23.5 Å². The number of carbonyl (C=O) groups excluding carboxylic acids is 3. The van der Waals surface area contributed by atoms with Gasteiger partial charge in [0.1, 0.15) is 5.82 Å². The third-order valence-corrected chi connectivity index (χ3v) is 5.58. The third kappa shape index (κ3) is 5.69. The lowest BCUT2D eigenvalue weighted by atomic mass is 9.96. The Hall–Kier alpha value is -3.22. The molecule has 1 heterocycles. The number of halogens is 1. The molecule has 1 saturated heterocycles. The normalized spacial score (nSPS) is 16.8. The number of ether oxygens (including phenoxy) is 1. The molecular weight excluding hydrogens is 399 g/mol. The first-order valence-corrected chi connectivity index (χ1v) is 10.5. The van der Waals surface area contributed by atoms with Crippen molar-refractivity contribution in [3.8, 4) is 0 Å². The molecular formula is C24H27FN2O4. The predicted octanol–water partition coefficient (Wildman–Crippen LogP) is 3.55. The van der Waals surface area contributed by atoms with Gasteiger partial charge in [0.2, 0.25) is 5.91 Å². The summed E-state index contributed by atoms with van der Waals surface area (Å²) in [6.07, 6.45) is 1.00. The monoisotopic (exact) mass is 426 g/mol. The quantitative estimate of drug-likeness (QED) is 0.655. The number of hydrogen-bond acceptors (Lipinski definition) is 4. The molecule has 0 spiro atoms. The van der Waals surface area contributed by atoms with Crippen molar-refractivity contribution in [2.75, 3.05) is 18.1 Å². The second kappa shape index (κ2) is 10.2. The summed E-state index contributed by atoms with van der Waals surface area (Å²) in [5.41, 5.74) is 2.64. The van der Waals surface area contributed by atoms with Gasteiger partial charge >= 0.3 is 5.97 Å². The molecule has 1 N–H and O–H groups in total. The number of anilines is 1. The number of nitrogens with zero attached hydrogens (tertiary/aromatic N) is 1. The van der Waals surface area contributed by atoms with Crippen molar-refractivity contribution in [1.82, 2.24) is 5.32 Å². The van der Waals surface area contributed by atoms with Crippen LogP contribution in [0.15, 0.2) is 48.5 Å². The molecule has 0 aliphatic carbocycles. The Bertz CT molecular complexity index is 945. The number of rotatable bonds is 8. The molecule has 2 aromatic carbocycles. The van der Waals surface area contributed by atoms with Gasteiger partial charge in [-0.1, -0.05) is 44.2 Å². The summed E-state index contributed by atoms with van der Waals surface area (Å²) in [4.78, 5) is 38.6. The molecule has 0 aromatic heterocycles. The fourth-order valence-corrected chi connectivity index (χ4v) is 3.58. The topological polar surface area (TPSA) is 75.7 Å². The van der Waals surface area contributed by atoms with E-state index in [0.717, 1.165) is 23.2 Å². The van der Waals surface area contributed by atoms with Crippen LogP contribution in [0.3, 0.4) is 0 Å². The Kier molecular flexibility index (Phi) is 7.39. The molecule has 2 aromatic rings. The summed E-state index contributed by atoms with van der Waals surface area (Å²) in [5.74, 6) is -1.81. The van der Waals surface area contributed by atoms with Gasteiger partial charge in [-0.15, -0.1) is 0 Å². The molecule has 1 aliphatic rings. The van der Waals surface area contributed by atoms with Gasteiger partial charge in [-0.2, -0.15) is 0 Å². The van der Waals surface area contributed by atoms with Crippen LogP contribution in [0.25, 0.3) is 0 Å². The molecule has 1 fully saturated rings. The van der Waals surface area contributed by atoms with Gasteiger partial charge in [-0.05, 0) is 41.7 Å². The van der Waals surface area contributed by atoms with Crippen molar-refractivity contribution in [1.29, 1.82) is 0 Å². The van der Waals surface area contributed by atoms with Gasteiger partial charge in [0, 0.05) is 25.2 Å². The van der Waals surface area contributed by atoms with Gasteiger partial charge in [0.05, 0.1) is 5.92 Å². The predicted molar refractivity (Wildman–Crippen MR) is 115 cm³/mol. The first-order chi connectivity index (χ1) is 14.9. The van der Waals surface area contributed by atoms with E-state index in [9.17, 15) is 18.8 Å². The van der Waals surface area contributed by atoms with Gasteiger partial charge in [0.15, 0.2) is 6.61 Å². The van der Waals surface area contributed by atoms with Crippen LogP contribution in [0.4, 0.5) is 10.1 Å². The minimum Gasteiger partial charge on any atom is -0.455 e. The van der Waals surface area contributed by atoms with E-state index in [4.69, 9.17) is 4.74 Å². The molecule has 3 rings (SSSR count). The van der Waals surface area contributed by atoms with Crippen LogP contribution in [-0.2, 0) is 25.7 Å². The van der Waals surface area contributed by atoms with E-state index in [2.05, 4.69) is 19.2 Å². The number of amides is 2. The highest BCUT2D eigenvalue weighted by Crippen LogP contribution is 2.33. The molecule has 0 saturated carbocycles. The largest absolute Gasteiger partial charge is 0.455 e. The highest BCUT2D eigenvalue weighted by atomic mass is 19.1. The smallest absolute Gasteiger partial charge is 0.311 e. The van der Waals surface area contributed by atoms with Crippen LogP contribution < -0.4 is 10.2 Å². The van der Waals surface area contributed by atoms with E-state index in [1.807, 2.05) is 24.3 Å². The van der Waals surface area contributed by atoms with Crippen LogP contribution in [0.2, 0.25) is 0 Å². The highest BCUT2D eigenvalue weighted by molar-refractivity contribution is 6.00. The fraction of sp³-hybridized carbons (Fsp3) is 0.375. The molecule has 0 unspecified atom stereocenters. The Balaban J connectivity index is 1.52. The lowest BCUT2D eigenvalue weighted by molar-refractivity contribution is -0.152. The lowest BCUT2D eigenvalue weighted by Gasteiger charge is -2.23. The Morgan fingerprint density at radius 1 is 1.19 bits per heavy atom. The zero-order valence-corrected chi connectivity index (χ0v) is 17.8. The molecule has 0 bridgehead atoms. The number of esters is 1. The van der Waals surface area contributed by atoms with E-state index in [0.29, 0.717) is 5.92 Å². The second-order valence-electron chi connectivity index (χ2n) is 7.78. The van der Waals surface area contributed by atoms with Crippen molar-refractivity contribution < 1.29 is 23.5 Å². The number of nitrogens with one attached hydrogen (secondary N) is 1. The maximum atomic E-state index is 12.9. The van der Waals surface area contributed by atoms with Crippen LogP contribution in [0.1, 0.15) is 43.7 Å². The van der Waals surface area contributed by atoms with E-state index < -0.39 is 24.4 Å². The molecule has 2 atom stereocenters. The molecule has 1 aliphatic heterocycles. The molecule has 31 heavy (non-hydrogen) atoms. The van der Waals surface area contributed by atoms with E-state index in [1.54, 1.807) is 17.0 Å². The maximum absolute atomic E-state index is 12.9. The van der Waals surface area contributed by atoms with Crippen LogP contribution in [0, 0.1) is 11.7 Å². The number of benzene rings is 2. The fourth-order valence-electron chi connectivity index (χ4n) is 3.58. The molecule has 2 amide bonds. The second-order valence-corrected chi connectivity index (χ2v) is 7.78. The zero-order valence-electron chi connectivity index (χ0n) is 17.8. The first-order valence-electron chi connectivity index (χ1n) is 10.5. The average Bonchev–Trinajstić information content (AvgIpc) is 3.18. The minimum absolute atomic E-state index is 0.0604. The van der Waals surface area contributed by atoms with E-state index in [1.165, 1.54) is 12.1 Å². The van der Waals surface area contributed by atoms with Gasteiger partial charge < -0.3 is 15.0 Å².